The van der Waals surface area contributed by atoms with E-state index in [1.54, 1.807) is 0 Å². The Hall–Kier alpha value is -1.35. The van der Waals surface area contributed by atoms with Gasteiger partial charge in [0.1, 0.15) is 0 Å². The van der Waals surface area contributed by atoms with Crippen molar-refractivity contribution in [1.29, 1.82) is 0 Å². The summed E-state index contributed by atoms with van der Waals surface area (Å²) < 4.78 is 111. The van der Waals surface area contributed by atoms with E-state index in [0.717, 1.165) is 6.92 Å². The number of rotatable bonds is 3. The minimum Gasteiger partial charge on any atom is -0.442 e. The zero-order valence-corrected chi connectivity index (χ0v) is 10.8. The molecule has 0 heterocycles. The van der Waals surface area contributed by atoms with Crippen LogP contribution in [0.3, 0.4) is 0 Å². The Morgan fingerprint density at radius 1 is 0.905 bits per heavy atom. The number of halogens is 8. The van der Waals surface area contributed by atoms with Crippen LogP contribution in [0.1, 0.15) is 20.3 Å². The van der Waals surface area contributed by atoms with E-state index in [4.69, 9.17) is 0 Å². The number of alkyl halides is 8. The second-order valence-corrected chi connectivity index (χ2v) is 4.65. The molecule has 0 aliphatic heterocycles. The Balaban J connectivity index is 3.63. The van der Waals surface area contributed by atoms with E-state index in [1.807, 2.05) is 0 Å². The summed E-state index contributed by atoms with van der Waals surface area (Å²) in [6, 6.07) is 0. The summed E-state index contributed by atoms with van der Waals surface area (Å²) in [5, 5.41) is 0. The minimum atomic E-state index is -6.39. The van der Waals surface area contributed by atoms with Crippen molar-refractivity contribution in [2.45, 2.75) is 49.6 Å². The van der Waals surface area contributed by atoms with E-state index in [-0.39, 0.29) is 0 Å². The first-order chi connectivity index (χ1) is 9.14. The van der Waals surface area contributed by atoms with Crippen LogP contribution in [0.2, 0.25) is 0 Å². The normalized spacial score (nSPS) is 27.1. The van der Waals surface area contributed by atoms with Gasteiger partial charge in [0.2, 0.25) is 0 Å². The molecular formula is C11H10F8O2. The molecule has 0 unspecified atom stereocenters. The Labute approximate surface area is 113 Å². The summed E-state index contributed by atoms with van der Waals surface area (Å²) in [6.45, 7) is 4.25. The molecule has 1 fully saturated rings. The number of hydrogen-bond acceptors (Lipinski definition) is 2. The van der Waals surface area contributed by atoms with Gasteiger partial charge in [-0.2, -0.15) is 35.1 Å². The second-order valence-electron chi connectivity index (χ2n) is 4.65. The molecule has 1 saturated carbocycles. The van der Waals surface area contributed by atoms with Gasteiger partial charge in [-0.1, -0.05) is 13.5 Å². The lowest BCUT2D eigenvalue weighted by Gasteiger charge is -2.36. The van der Waals surface area contributed by atoms with Crippen molar-refractivity contribution in [1.82, 2.24) is 0 Å². The topological polar surface area (TPSA) is 26.3 Å². The summed E-state index contributed by atoms with van der Waals surface area (Å²) in [6.07, 6.45) is -1.66. The number of carbonyl (C=O) groups is 1. The molecule has 1 aliphatic carbocycles. The summed E-state index contributed by atoms with van der Waals surface area (Å²) >= 11 is 0. The van der Waals surface area contributed by atoms with Gasteiger partial charge >= 0.3 is 29.7 Å². The van der Waals surface area contributed by atoms with Crippen LogP contribution in [-0.2, 0) is 9.53 Å². The second kappa shape index (κ2) is 4.33. The van der Waals surface area contributed by atoms with Gasteiger partial charge in [0.25, 0.3) is 5.60 Å². The maximum absolute atomic E-state index is 13.6. The largest absolute Gasteiger partial charge is 0.442 e. The molecule has 122 valence electrons. The monoisotopic (exact) mass is 326 g/mol. The molecule has 0 atom stereocenters. The number of hydrogen-bond donors (Lipinski definition) is 0. The van der Waals surface area contributed by atoms with E-state index in [2.05, 4.69) is 11.3 Å². The smallest absolute Gasteiger partial charge is 0.382 e. The molecule has 2 nitrogen and oxygen atoms in total. The van der Waals surface area contributed by atoms with Gasteiger partial charge in [-0.3, -0.25) is 0 Å². The summed E-state index contributed by atoms with van der Waals surface area (Å²) in [5.41, 5.74) is -5.36. The fourth-order valence-electron chi connectivity index (χ4n) is 1.99. The molecule has 0 radical (unpaired) electrons. The highest BCUT2D eigenvalue weighted by molar-refractivity contribution is 5.87. The molecule has 1 aliphatic rings. The first kappa shape index (κ1) is 17.7. The third-order valence-corrected chi connectivity index (χ3v) is 3.31. The van der Waals surface area contributed by atoms with Gasteiger partial charge in [0.05, 0.1) is 0 Å². The first-order valence-electron chi connectivity index (χ1n) is 5.54. The Morgan fingerprint density at radius 2 is 1.24 bits per heavy atom. The van der Waals surface area contributed by atoms with Crippen LogP contribution in [0.25, 0.3) is 0 Å². The highest BCUT2D eigenvalue weighted by Crippen LogP contribution is 2.69. The summed E-state index contributed by atoms with van der Waals surface area (Å²) in [5.74, 6) is -26.6. The van der Waals surface area contributed by atoms with Gasteiger partial charge in [0, 0.05) is 5.57 Å². The van der Waals surface area contributed by atoms with Crippen LogP contribution < -0.4 is 0 Å². The molecule has 0 saturated heterocycles. The van der Waals surface area contributed by atoms with Crippen LogP contribution in [0.4, 0.5) is 35.1 Å². The average Bonchev–Trinajstić information content (AvgIpc) is 2.38. The zero-order chi connectivity index (χ0) is 17.1. The lowest BCUT2D eigenvalue weighted by atomic mass is 9.91. The third kappa shape index (κ3) is 1.67. The van der Waals surface area contributed by atoms with Gasteiger partial charge < -0.3 is 4.74 Å². The van der Waals surface area contributed by atoms with Crippen LogP contribution >= 0.6 is 0 Å². The Kier molecular flexibility index (Phi) is 3.65. The predicted molar refractivity (Wildman–Crippen MR) is 53.7 cm³/mol. The fourth-order valence-corrected chi connectivity index (χ4v) is 1.99. The third-order valence-electron chi connectivity index (χ3n) is 3.31. The SMILES string of the molecule is C=C(C)C(=O)OC1(CC)C(F)(F)C(F)(F)C(F)(F)C1(F)F. The molecule has 0 bridgehead atoms. The molecule has 21 heavy (non-hydrogen) atoms. The standard InChI is InChI=1S/C11H10F8O2/c1-4-7(21-6(20)5(2)3)8(12,13)10(16,17)11(18,19)9(7,14)15/h2,4H2,1,3H3. The van der Waals surface area contributed by atoms with Crippen LogP contribution in [0, 0.1) is 0 Å². The van der Waals surface area contributed by atoms with Crippen molar-refractivity contribution in [2.75, 3.05) is 0 Å². The van der Waals surface area contributed by atoms with E-state index < -0.39 is 47.3 Å². The lowest BCUT2D eigenvalue weighted by molar-refractivity contribution is -0.303. The molecule has 0 N–H and O–H groups in total. The summed E-state index contributed by atoms with van der Waals surface area (Å²) in [4.78, 5) is 11.2. The van der Waals surface area contributed by atoms with Crippen molar-refractivity contribution >= 4 is 5.97 Å². The van der Waals surface area contributed by atoms with E-state index in [0.29, 0.717) is 6.92 Å². The van der Waals surface area contributed by atoms with E-state index in [1.165, 1.54) is 0 Å². The van der Waals surface area contributed by atoms with Crippen LogP contribution in [0.5, 0.6) is 0 Å². The fraction of sp³-hybridized carbons (Fsp3) is 0.727. The number of ether oxygens (including phenoxy) is 1. The van der Waals surface area contributed by atoms with Gasteiger partial charge in [-0.25, -0.2) is 4.79 Å². The van der Waals surface area contributed by atoms with Crippen LogP contribution in [0.15, 0.2) is 12.2 Å². The van der Waals surface area contributed by atoms with Crippen molar-refractivity contribution in [3.05, 3.63) is 12.2 Å². The van der Waals surface area contributed by atoms with E-state index in [9.17, 15) is 39.9 Å². The molecule has 0 spiro atoms. The molecule has 1 rings (SSSR count). The maximum Gasteiger partial charge on any atom is 0.382 e. The zero-order valence-electron chi connectivity index (χ0n) is 10.8. The molecule has 0 aromatic carbocycles. The molecule has 0 aromatic rings. The first-order valence-corrected chi connectivity index (χ1v) is 5.54. The van der Waals surface area contributed by atoms with Crippen molar-refractivity contribution in [3.63, 3.8) is 0 Å². The Bertz CT molecular complexity index is 457. The molecular weight excluding hydrogens is 316 g/mol. The quantitative estimate of drug-likeness (QED) is 0.448. The van der Waals surface area contributed by atoms with Crippen molar-refractivity contribution in [3.8, 4) is 0 Å². The summed E-state index contributed by atoms with van der Waals surface area (Å²) in [7, 11) is 0. The molecule has 10 heteroatoms. The highest BCUT2D eigenvalue weighted by atomic mass is 19.4. The van der Waals surface area contributed by atoms with Gasteiger partial charge in [-0.05, 0) is 13.3 Å². The predicted octanol–water partition coefficient (Wildman–Crippen LogP) is 3.81. The van der Waals surface area contributed by atoms with E-state index >= 15 is 0 Å². The number of carbonyl (C=O) groups excluding carboxylic acids is 1. The minimum absolute atomic E-state index is 0.505. The highest BCUT2D eigenvalue weighted by Gasteiger charge is 3.00. The number of esters is 1. The van der Waals surface area contributed by atoms with Crippen molar-refractivity contribution in [2.24, 2.45) is 0 Å². The maximum atomic E-state index is 13.6. The van der Waals surface area contributed by atoms with Gasteiger partial charge in [0.15, 0.2) is 0 Å². The van der Waals surface area contributed by atoms with Crippen molar-refractivity contribution < 1.29 is 44.7 Å². The Morgan fingerprint density at radius 3 is 1.48 bits per heavy atom. The average molecular weight is 326 g/mol. The van der Waals surface area contributed by atoms with Gasteiger partial charge in [-0.15, -0.1) is 0 Å². The lowest BCUT2D eigenvalue weighted by Crippen LogP contribution is -2.60. The molecule has 0 aromatic heterocycles. The van der Waals surface area contributed by atoms with Crippen LogP contribution in [-0.4, -0.2) is 35.3 Å². The molecule has 0 amide bonds.